The van der Waals surface area contributed by atoms with Gasteiger partial charge in [-0.2, -0.15) is 0 Å². The molecule has 4 heteroatoms. The summed E-state index contributed by atoms with van der Waals surface area (Å²) in [6.45, 7) is 3.28. The van der Waals surface area contributed by atoms with E-state index in [4.69, 9.17) is 0 Å². The molecule has 1 fully saturated rings. The molecule has 1 aliphatic rings. The predicted octanol–water partition coefficient (Wildman–Crippen LogP) is 1.48. The van der Waals surface area contributed by atoms with Gasteiger partial charge in [-0.3, -0.25) is 9.13 Å². The Kier molecular flexibility index (Phi) is 2.38. The summed E-state index contributed by atoms with van der Waals surface area (Å²) in [5.41, 5.74) is 3.33. The van der Waals surface area contributed by atoms with Crippen LogP contribution in [0.3, 0.4) is 0 Å². The maximum Gasteiger partial charge on any atom is 0.328 e. The molecule has 1 aliphatic heterocycles. The van der Waals surface area contributed by atoms with E-state index in [0.29, 0.717) is 0 Å². The van der Waals surface area contributed by atoms with E-state index in [1.165, 1.54) is 12.0 Å². The highest BCUT2D eigenvalue weighted by Crippen LogP contribution is 2.34. The van der Waals surface area contributed by atoms with E-state index in [2.05, 4.69) is 18.3 Å². The van der Waals surface area contributed by atoms with Crippen LogP contribution < -0.4 is 11.0 Å². The minimum Gasteiger partial charge on any atom is -0.308 e. The number of para-hydroxylation sites is 1. The van der Waals surface area contributed by atoms with Gasteiger partial charge in [0.15, 0.2) is 0 Å². The summed E-state index contributed by atoms with van der Waals surface area (Å²) in [7, 11) is 3.69. The third kappa shape index (κ3) is 1.38. The van der Waals surface area contributed by atoms with E-state index in [9.17, 15) is 4.79 Å². The van der Waals surface area contributed by atoms with Crippen molar-refractivity contribution in [1.29, 1.82) is 0 Å². The Morgan fingerprint density at radius 3 is 2.72 bits per heavy atom. The van der Waals surface area contributed by atoms with E-state index in [0.717, 1.165) is 24.0 Å². The Labute approximate surface area is 106 Å². The van der Waals surface area contributed by atoms with Gasteiger partial charge in [-0.15, -0.1) is 0 Å². The average Bonchev–Trinajstić information content (AvgIpc) is 2.90. The lowest BCUT2D eigenvalue weighted by atomic mass is 9.89. The highest BCUT2D eigenvalue weighted by Gasteiger charge is 2.32. The van der Waals surface area contributed by atoms with Crippen LogP contribution in [0.15, 0.2) is 23.0 Å². The molecule has 0 radical (unpaired) electrons. The van der Waals surface area contributed by atoms with Gasteiger partial charge in [-0.1, -0.05) is 12.1 Å². The first kappa shape index (κ1) is 11.5. The molecule has 0 spiro atoms. The van der Waals surface area contributed by atoms with Crippen LogP contribution in [0.1, 0.15) is 25.3 Å². The molecular weight excluding hydrogens is 226 g/mol. The first-order chi connectivity index (χ1) is 8.54. The number of aryl methyl sites for hydroxylation is 2. The summed E-state index contributed by atoms with van der Waals surface area (Å²) < 4.78 is 3.48. The van der Waals surface area contributed by atoms with Crippen molar-refractivity contribution >= 4 is 11.0 Å². The number of aromatic nitrogens is 2. The minimum absolute atomic E-state index is 0.00887. The fourth-order valence-corrected chi connectivity index (χ4v) is 3.15. The van der Waals surface area contributed by atoms with Gasteiger partial charge in [0.25, 0.3) is 0 Å². The van der Waals surface area contributed by atoms with Crippen LogP contribution in [0.2, 0.25) is 0 Å². The van der Waals surface area contributed by atoms with Crippen LogP contribution in [-0.4, -0.2) is 15.7 Å². The van der Waals surface area contributed by atoms with E-state index in [-0.39, 0.29) is 11.2 Å². The van der Waals surface area contributed by atoms with E-state index < -0.39 is 0 Å². The summed E-state index contributed by atoms with van der Waals surface area (Å²) in [5, 5.41) is 3.57. The summed E-state index contributed by atoms with van der Waals surface area (Å²) >= 11 is 0. The molecule has 0 bridgehead atoms. The number of hydrogen-bond donors (Lipinski definition) is 1. The Morgan fingerprint density at radius 2 is 2.06 bits per heavy atom. The number of fused-ring (bicyclic) bond motifs is 1. The van der Waals surface area contributed by atoms with E-state index in [1.807, 2.05) is 26.2 Å². The van der Waals surface area contributed by atoms with Crippen molar-refractivity contribution in [3.63, 3.8) is 0 Å². The molecule has 1 aromatic heterocycles. The van der Waals surface area contributed by atoms with Crippen LogP contribution in [0.25, 0.3) is 11.0 Å². The lowest BCUT2D eigenvalue weighted by Gasteiger charge is -2.26. The summed E-state index contributed by atoms with van der Waals surface area (Å²) in [4.78, 5) is 12.1. The largest absolute Gasteiger partial charge is 0.328 e. The lowest BCUT2D eigenvalue weighted by molar-refractivity contribution is 0.437. The Morgan fingerprint density at radius 1 is 1.28 bits per heavy atom. The monoisotopic (exact) mass is 245 g/mol. The molecule has 18 heavy (non-hydrogen) atoms. The minimum atomic E-state index is -0.00887. The van der Waals surface area contributed by atoms with E-state index >= 15 is 0 Å². The third-order valence-electron chi connectivity index (χ3n) is 4.25. The van der Waals surface area contributed by atoms with Crippen LogP contribution in [0.5, 0.6) is 0 Å². The quantitative estimate of drug-likeness (QED) is 0.826. The van der Waals surface area contributed by atoms with Crippen LogP contribution in [0.4, 0.5) is 0 Å². The van der Waals surface area contributed by atoms with Crippen molar-refractivity contribution in [2.75, 3.05) is 6.54 Å². The molecule has 1 saturated heterocycles. The maximum absolute atomic E-state index is 12.1. The Bertz CT molecular complexity index is 659. The molecule has 2 heterocycles. The van der Waals surface area contributed by atoms with Gasteiger partial charge in [0, 0.05) is 19.6 Å². The smallest absolute Gasteiger partial charge is 0.308 e. The highest BCUT2D eigenvalue weighted by molar-refractivity contribution is 5.81. The fourth-order valence-electron chi connectivity index (χ4n) is 3.15. The zero-order chi connectivity index (χ0) is 12.9. The molecule has 1 atom stereocenters. The van der Waals surface area contributed by atoms with Crippen molar-refractivity contribution < 1.29 is 0 Å². The SMILES string of the molecule is Cn1c(=O)n(C)c2c(C3(C)CCCN3)cccc21. The van der Waals surface area contributed by atoms with Gasteiger partial charge in [0.1, 0.15) is 0 Å². The second-order valence-corrected chi connectivity index (χ2v) is 5.44. The lowest BCUT2D eigenvalue weighted by Crippen LogP contribution is -2.33. The predicted molar refractivity (Wildman–Crippen MR) is 72.7 cm³/mol. The van der Waals surface area contributed by atoms with Gasteiger partial charge >= 0.3 is 5.69 Å². The molecule has 3 rings (SSSR count). The standard InChI is InChI=1S/C14H19N3O/c1-14(8-5-9-15-14)10-6-4-7-11-12(10)17(3)13(18)16(11)2/h4,6-7,15H,5,8-9H2,1-3H3. The molecule has 1 unspecified atom stereocenters. The van der Waals surface area contributed by atoms with Crippen molar-refractivity contribution in [3.05, 3.63) is 34.2 Å². The van der Waals surface area contributed by atoms with Crippen LogP contribution in [-0.2, 0) is 19.6 Å². The van der Waals surface area contributed by atoms with Crippen molar-refractivity contribution in [2.45, 2.75) is 25.3 Å². The Balaban J connectivity index is 2.37. The molecule has 2 aromatic rings. The van der Waals surface area contributed by atoms with Crippen molar-refractivity contribution in [1.82, 2.24) is 14.5 Å². The first-order valence-corrected chi connectivity index (χ1v) is 6.44. The summed E-state index contributed by atoms with van der Waals surface area (Å²) in [5.74, 6) is 0. The second-order valence-electron chi connectivity index (χ2n) is 5.44. The topological polar surface area (TPSA) is 39.0 Å². The van der Waals surface area contributed by atoms with Crippen LogP contribution >= 0.6 is 0 Å². The molecule has 0 aliphatic carbocycles. The number of rotatable bonds is 1. The summed E-state index contributed by atoms with van der Waals surface area (Å²) in [6.07, 6.45) is 2.31. The van der Waals surface area contributed by atoms with Crippen LogP contribution in [0, 0.1) is 0 Å². The number of imidazole rings is 1. The second kappa shape index (κ2) is 3.72. The number of benzene rings is 1. The van der Waals surface area contributed by atoms with Gasteiger partial charge in [0.05, 0.1) is 11.0 Å². The maximum atomic E-state index is 12.1. The zero-order valence-corrected chi connectivity index (χ0v) is 11.2. The van der Waals surface area contributed by atoms with Gasteiger partial charge in [-0.05, 0) is 37.9 Å². The number of hydrogen-bond acceptors (Lipinski definition) is 2. The number of nitrogens with zero attached hydrogens (tertiary/aromatic N) is 2. The van der Waals surface area contributed by atoms with Crippen molar-refractivity contribution in [3.8, 4) is 0 Å². The van der Waals surface area contributed by atoms with E-state index in [1.54, 1.807) is 9.13 Å². The molecule has 0 saturated carbocycles. The molecular formula is C14H19N3O. The fraction of sp³-hybridized carbons (Fsp3) is 0.500. The molecule has 1 aromatic carbocycles. The van der Waals surface area contributed by atoms with Crippen molar-refractivity contribution in [2.24, 2.45) is 14.1 Å². The first-order valence-electron chi connectivity index (χ1n) is 6.44. The zero-order valence-electron chi connectivity index (χ0n) is 11.2. The number of nitrogens with one attached hydrogen (secondary N) is 1. The third-order valence-corrected chi connectivity index (χ3v) is 4.25. The highest BCUT2D eigenvalue weighted by atomic mass is 16.1. The molecule has 96 valence electrons. The molecule has 1 N–H and O–H groups in total. The van der Waals surface area contributed by atoms with Gasteiger partial charge in [0.2, 0.25) is 0 Å². The molecule has 0 amide bonds. The van der Waals surface area contributed by atoms with Gasteiger partial charge in [-0.25, -0.2) is 4.79 Å². The molecule has 4 nitrogen and oxygen atoms in total. The normalized spacial score (nSPS) is 23.9. The average molecular weight is 245 g/mol. The van der Waals surface area contributed by atoms with Gasteiger partial charge < -0.3 is 5.32 Å². The Hall–Kier alpha value is -1.55. The summed E-state index contributed by atoms with van der Waals surface area (Å²) in [6, 6.07) is 6.20.